The molecule has 1 aliphatic carbocycles. The molecule has 1 aromatic carbocycles. The Kier molecular flexibility index (Phi) is 7.58. The Morgan fingerprint density at radius 2 is 1.82 bits per heavy atom. The van der Waals surface area contributed by atoms with Crippen molar-refractivity contribution in [2.24, 2.45) is 11.8 Å². The van der Waals surface area contributed by atoms with Gasteiger partial charge in [0.05, 0.1) is 6.61 Å². The van der Waals surface area contributed by atoms with Crippen molar-refractivity contribution in [1.29, 1.82) is 0 Å². The lowest BCUT2D eigenvalue weighted by Crippen LogP contribution is -2.28. The van der Waals surface area contributed by atoms with E-state index in [0.717, 1.165) is 31.0 Å². The first-order chi connectivity index (χ1) is 10.8. The second kappa shape index (κ2) is 9.73. The Morgan fingerprint density at radius 3 is 2.50 bits per heavy atom. The molecule has 0 spiro atoms. The van der Waals surface area contributed by atoms with Gasteiger partial charge >= 0.3 is 0 Å². The third kappa shape index (κ3) is 5.53. The molecule has 1 aromatic rings. The summed E-state index contributed by atoms with van der Waals surface area (Å²) in [5.41, 5.74) is 1.14. The number of anilines is 1. The van der Waals surface area contributed by atoms with Crippen LogP contribution in [0.5, 0.6) is 5.75 Å². The summed E-state index contributed by atoms with van der Waals surface area (Å²) in [4.78, 5) is 0. The molecule has 1 aliphatic rings. The Balaban J connectivity index is 1.73. The summed E-state index contributed by atoms with van der Waals surface area (Å²) in [5.74, 6) is 2.03. The number of unbranched alkanes of at least 4 members (excludes halogenated alkanes) is 2. The molecular formula is C19H31NO2. The zero-order valence-electron chi connectivity index (χ0n) is 13.9. The zero-order valence-corrected chi connectivity index (χ0v) is 13.9. The highest BCUT2D eigenvalue weighted by Crippen LogP contribution is 2.30. The van der Waals surface area contributed by atoms with Crippen LogP contribution in [0.2, 0.25) is 0 Å². The zero-order chi connectivity index (χ0) is 15.6. The van der Waals surface area contributed by atoms with Gasteiger partial charge in [-0.15, -0.1) is 0 Å². The summed E-state index contributed by atoms with van der Waals surface area (Å²) in [7, 11) is 0. The van der Waals surface area contributed by atoms with Gasteiger partial charge in [-0.25, -0.2) is 0 Å². The number of hydrogen-bond acceptors (Lipinski definition) is 3. The fourth-order valence-corrected chi connectivity index (χ4v) is 3.25. The van der Waals surface area contributed by atoms with Crippen molar-refractivity contribution in [3.63, 3.8) is 0 Å². The van der Waals surface area contributed by atoms with E-state index in [0.29, 0.717) is 18.4 Å². The van der Waals surface area contributed by atoms with Crippen LogP contribution in [0.25, 0.3) is 0 Å². The Morgan fingerprint density at radius 1 is 1.09 bits per heavy atom. The molecule has 0 aromatic heterocycles. The first-order valence-corrected chi connectivity index (χ1v) is 8.91. The van der Waals surface area contributed by atoms with Crippen molar-refractivity contribution in [2.75, 3.05) is 25.1 Å². The molecule has 124 valence electrons. The van der Waals surface area contributed by atoms with Gasteiger partial charge in [-0.1, -0.05) is 32.6 Å². The van der Waals surface area contributed by atoms with E-state index in [2.05, 4.69) is 24.4 Å². The first kappa shape index (κ1) is 17.1. The average molecular weight is 305 g/mol. The number of nitrogens with one attached hydrogen (secondary N) is 1. The summed E-state index contributed by atoms with van der Waals surface area (Å²) < 4.78 is 5.73. The minimum atomic E-state index is 0.330. The van der Waals surface area contributed by atoms with Gasteiger partial charge in [0.1, 0.15) is 5.75 Å². The summed E-state index contributed by atoms with van der Waals surface area (Å²) in [5, 5.41) is 13.0. The van der Waals surface area contributed by atoms with Crippen molar-refractivity contribution in [1.82, 2.24) is 0 Å². The average Bonchev–Trinajstić information content (AvgIpc) is 2.58. The topological polar surface area (TPSA) is 41.5 Å². The second-order valence-electron chi connectivity index (χ2n) is 6.45. The van der Waals surface area contributed by atoms with E-state index in [1.807, 2.05) is 12.1 Å². The van der Waals surface area contributed by atoms with Crippen LogP contribution < -0.4 is 10.1 Å². The van der Waals surface area contributed by atoms with Crippen LogP contribution in [0.1, 0.15) is 51.9 Å². The molecular weight excluding hydrogens is 274 g/mol. The number of aliphatic hydroxyl groups excluding tert-OH is 1. The van der Waals surface area contributed by atoms with Crippen molar-refractivity contribution in [3.8, 4) is 5.75 Å². The van der Waals surface area contributed by atoms with Gasteiger partial charge in [-0.3, -0.25) is 0 Å². The van der Waals surface area contributed by atoms with Crippen LogP contribution >= 0.6 is 0 Å². The summed E-state index contributed by atoms with van der Waals surface area (Å²) in [6, 6.07) is 8.26. The molecule has 0 bridgehead atoms. The van der Waals surface area contributed by atoms with Gasteiger partial charge in [0.2, 0.25) is 0 Å². The van der Waals surface area contributed by atoms with E-state index in [1.165, 1.54) is 38.5 Å². The highest BCUT2D eigenvalue weighted by Gasteiger charge is 2.23. The maximum atomic E-state index is 9.47. The molecule has 22 heavy (non-hydrogen) atoms. The summed E-state index contributed by atoms with van der Waals surface area (Å²) in [6.07, 6.45) is 8.55. The Labute approximate surface area is 135 Å². The van der Waals surface area contributed by atoms with E-state index in [1.54, 1.807) is 0 Å². The minimum Gasteiger partial charge on any atom is -0.494 e. The predicted octanol–water partition coefficient (Wildman–Crippen LogP) is 4.47. The number of benzene rings is 1. The lowest BCUT2D eigenvalue weighted by molar-refractivity contribution is 0.141. The van der Waals surface area contributed by atoms with Gasteiger partial charge in [0, 0.05) is 18.8 Å². The van der Waals surface area contributed by atoms with Crippen molar-refractivity contribution >= 4 is 5.69 Å². The van der Waals surface area contributed by atoms with Gasteiger partial charge in [-0.2, -0.15) is 0 Å². The molecule has 3 heteroatoms. The lowest BCUT2D eigenvalue weighted by Gasteiger charge is -2.30. The van der Waals surface area contributed by atoms with Crippen LogP contribution in [-0.4, -0.2) is 24.9 Å². The molecule has 0 aliphatic heterocycles. The van der Waals surface area contributed by atoms with E-state index in [9.17, 15) is 5.11 Å². The van der Waals surface area contributed by atoms with Gasteiger partial charge in [-0.05, 0) is 55.4 Å². The highest BCUT2D eigenvalue weighted by molar-refractivity contribution is 5.46. The minimum absolute atomic E-state index is 0.330. The molecule has 1 saturated carbocycles. The fraction of sp³-hybridized carbons (Fsp3) is 0.684. The van der Waals surface area contributed by atoms with E-state index < -0.39 is 0 Å². The lowest BCUT2D eigenvalue weighted by atomic mass is 9.79. The van der Waals surface area contributed by atoms with Crippen LogP contribution in [-0.2, 0) is 0 Å². The Hall–Kier alpha value is -1.22. The van der Waals surface area contributed by atoms with Crippen LogP contribution in [0.4, 0.5) is 5.69 Å². The molecule has 2 N–H and O–H groups in total. The molecule has 3 nitrogen and oxygen atoms in total. The smallest absolute Gasteiger partial charge is 0.119 e. The summed E-state index contributed by atoms with van der Waals surface area (Å²) >= 11 is 0. The van der Waals surface area contributed by atoms with E-state index in [-0.39, 0.29) is 0 Å². The normalized spacial score (nSPS) is 21.5. The van der Waals surface area contributed by atoms with Crippen LogP contribution in [0.3, 0.4) is 0 Å². The van der Waals surface area contributed by atoms with Gasteiger partial charge in [0.25, 0.3) is 0 Å². The number of hydrogen-bond donors (Lipinski definition) is 2. The first-order valence-electron chi connectivity index (χ1n) is 8.91. The molecule has 2 rings (SSSR count). The van der Waals surface area contributed by atoms with Gasteiger partial charge in [0.15, 0.2) is 0 Å². The standard InChI is InChI=1S/C19H31NO2/c1-2-3-6-13-22-19-11-9-18(10-12-19)20-14-16-7-4-5-8-17(16)15-21/h9-12,16-17,20-21H,2-8,13-15H2,1H3. The highest BCUT2D eigenvalue weighted by atomic mass is 16.5. The third-order valence-electron chi connectivity index (χ3n) is 4.74. The second-order valence-corrected chi connectivity index (χ2v) is 6.45. The van der Waals surface area contributed by atoms with Crippen molar-refractivity contribution in [3.05, 3.63) is 24.3 Å². The fourth-order valence-electron chi connectivity index (χ4n) is 3.25. The van der Waals surface area contributed by atoms with Crippen LogP contribution in [0.15, 0.2) is 24.3 Å². The largest absolute Gasteiger partial charge is 0.494 e. The molecule has 0 amide bonds. The SMILES string of the molecule is CCCCCOc1ccc(NCC2CCCCC2CO)cc1. The third-order valence-corrected chi connectivity index (χ3v) is 4.74. The molecule has 0 radical (unpaired) electrons. The number of ether oxygens (including phenoxy) is 1. The quantitative estimate of drug-likeness (QED) is 0.662. The van der Waals surface area contributed by atoms with Crippen molar-refractivity contribution < 1.29 is 9.84 Å². The van der Waals surface area contributed by atoms with Crippen LogP contribution in [0, 0.1) is 11.8 Å². The Bertz CT molecular complexity index is 404. The van der Waals surface area contributed by atoms with E-state index >= 15 is 0 Å². The monoisotopic (exact) mass is 305 g/mol. The molecule has 2 atom stereocenters. The molecule has 1 fully saturated rings. The van der Waals surface area contributed by atoms with Crippen molar-refractivity contribution in [2.45, 2.75) is 51.9 Å². The number of aliphatic hydroxyl groups is 1. The molecule has 0 heterocycles. The predicted molar refractivity (Wildman–Crippen MR) is 92.5 cm³/mol. The van der Waals surface area contributed by atoms with E-state index in [4.69, 9.17) is 4.74 Å². The summed E-state index contributed by atoms with van der Waals surface area (Å²) in [6.45, 7) is 4.30. The van der Waals surface area contributed by atoms with Gasteiger partial charge < -0.3 is 15.2 Å². The maximum Gasteiger partial charge on any atom is 0.119 e. The molecule has 2 unspecified atom stereocenters. The number of rotatable bonds is 9. The molecule has 0 saturated heterocycles. The maximum absolute atomic E-state index is 9.47.